The third-order valence-corrected chi connectivity index (χ3v) is 4.62. The van der Waals surface area contributed by atoms with Crippen LogP contribution in [0.25, 0.3) is 0 Å². The molecule has 118 valence electrons. The Hall–Kier alpha value is -0.610. The fourth-order valence-corrected chi connectivity index (χ4v) is 3.17. The molecule has 1 aliphatic heterocycles. The van der Waals surface area contributed by atoms with Crippen LogP contribution in [-0.2, 0) is 4.79 Å². The third kappa shape index (κ3) is 5.41. The van der Waals surface area contributed by atoms with E-state index in [0.717, 1.165) is 38.6 Å². The number of carbonyl (C=O) groups excluding carboxylic acids is 1. The summed E-state index contributed by atoms with van der Waals surface area (Å²) in [6, 6.07) is 0.0389. The molecule has 2 unspecified atom stereocenters. The Bertz CT molecular complexity index is 282. The number of likely N-dealkylation sites (tertiary alicyclic amines) is 1. The fraction of sp³-hybridized carbons (Fsp3) is 0.938. The van der Waals surface area contributed by atoms with Gasteiger partial charge in [0.15, 0.2) is 0 Å². The number of carbonyl (C=O) groups is 1. The topological polar surface area (TPSA) is 66.6 Å². The highest BCUT2D eigenvalue weighted by Crippen LogP contribution is 2.23. The predicted molar refractivity (Wildman–Crippen MR) is 82.3 cm³/mol. The number of aliphatic hydroxyl groups excluding tert-OH is 1. The van der Waals surface area contributed by atoms with Gasteiger partial charge < -0.3 is 15.7 Å². The van der Waals surface area contributed by atoms with Crippen LogP contribution in [0.4, 0.5) is 0 Å². The Kier molecular flexibility index (Phi) is 8.15. The summed E-state index contributed by atoms with van der Waals surface area (Å²) in [6.07, 6.45) is 6.81. The minimum absolute atomic E-state index is 0.0389. The van der Waals surface area contributed by atoms with Gasteiger partial charge in [-0.15, -0.1) is 0 Å². The zero-order valence-corrected chi connectivity index (χ0v) is 13.2. The van der Waals surface area contributed by atoms with E-state index in [4.69, 9.17) is 5.73 Å². The van der Waals surface area contributed by atoms with E-state index in [-0.39, 0.29) is 18.6 Å². The van der Waals surface area contributed by atoms with Crippen LogP contribution in [-0.4, -0.2) is 41.7 Å². The fourth-order valence-electron chi connectivity index (χ4n) is 3.17. The second-order valence-electron chi connectivity index (χ2n) is 6.39. The smallest absolute Gasteiger partial charge is 0.222 e. The van der Waals surface area contributed by atoms with Crippen LogP contribution >= 0.6 is 0 Å². The first-order chi connectivity index (χ1) is 9.60. The van der Waals surface area contributed by atoms with Gasteiger partial charge in [0.05, 0.1) is 12.6 Å². The maximum Gasteiger partial charge on any atom is 0.222 e. The van der Waals surface area contributed by atoms with E-state index in [2.05, 4.69) is 13.8 Å². The summed E-state index contributed by atoms with van der Waals surface area (Å²) in [7, 11) is 0. The number of amides is 1. The van der Waals surface area contributed by atoms with Crippen LogP contribution in [0.5, 0.6) is 0 Å². The molecule has 0 saturated carbocycles. The summed E-state index contributed by atoms with van der Waals surface area (Å²) in [4.78, 5) is 14.4. The van der Waals surface area contributed by atoms with E-state index < -0.39 is 0 Å². The molecular weight excluding hydrogens is 252 g/mol. The predicted octanol–water partition coefficient (Wildman–Crippen LogP) is 2.15. The van der Waals surface area contributed by atoms with Crippen molar-refractivity contribution >= 4 is 5.91 Å². The van der Waals surface area contributed by atoms with Gasteiger partial charge >= 0.3 is 0 Å². The van der Waals surface area contributed by atoms with Gasteiger partial charge in [-0.25, -0.2) is 0 Å². The number of rotatable bonds is 7. The third-order valence-electron chi connectivity index (χ3n) is 4.62. The van der Waals surface area contributed by atoms with Crippen molar-refractivity contribution in [1.29, 1.82) is 0 Å². The molecule has 20 heavy (non-hydrogen) atoms. The summed E-state index contributed by atoms with van der Waals surface area (Å²) in [5.41, 5.74) is 5.65. The molecule has 4 heteroatoms. The molecule has 1 rings (SSSR count). The molecule has 1 amide bonds. The lowest BCUT2D eigenvalue weighted by atomic mass is 9.88. The van der Waals surface area contributed by atoms with Gasteiger partial charge in [0.2, 0.25) is 5.91 Å². The molecule has 0 aromatic rings. The molecule has 1 fully saturated rings. The van der Waals surface area contributed by atoms with Crippen molar-refractivity contribution in [1.82, 2.24) is 4.90 Å². The van der Waals surface area contributed by atoms with Crippen LogP contribution in [0.2, 0.25) is 0 Å². The standard InChI is InChI=1S/C16H32N2O2/c1-13(2)14(9-10-17)7-8-16(20)18-11-5-3-4-6-15(18)12-19/h13-15,19H,3-12,17H2,1-2H3. The number of hydrogen-bond donors (Lipinski definition) is 2. The van der Waals surface area contributed by atoms with Crippen LogP contribution < -0.4 is 5.73 Å². The molecule has 1 heterocycles. The average molecular weight is 284 g/mol. The molecule has 4 nitrogen and oxygen atoms in total. The van der Waals surface area contributed by atoms with Gasteiger partial charge in [-0.1, -0.05) is 26.7 Å². The molecule has 0 radical (unpaired) electrons. The number of aliphatic hydroxyl groups is 1. The van der Waals surface area contributed by atoms with Gasteiger partial charge in [0.25, 0.3) is 0 Å². The molecule has 1 aliphatic rings. The molecular formula is C16H32N2O2. The maximum atomic E-state index is 12.4. The lowest BCUT2D eigenvalue weighted by Gasteiger charge is -2.29. The molecule has 0 aliphatic carbocycles. The molecule has 0 spiro atoms. The number of nitrogens with two attached hydrogens (primary N) is 1. The Labute approximate surface area is 123 Å². The van der Waals surface area contributed by atoms with Gasteiger partial charge in [0, 0.05) is 13.0 Å². The molecule has 2 atom stereocenters. The second-order valence-corrected chi connectivity index (χ2v) is 6.39. The maximum absolute atomic E-state index is 12.4. The molecule has 1 saturated heterocycles. The Balaban J connectivity index is 2.50. The first kappa shape index (κ1) is 17.4. The Morgan fingerprint density at radius 3 is 2.65 bits per heavy atom. The lowest BCUT2D eigenvalue weighted by molar-refractivity contribution is -0.134. The monoisotopic (exact) mass is 284 g/mol. The van der Waals surface area contributed by atoms with Crippen molar-refractivity contribution in [2.45, 2.75) is 64.8 Å². The van der Waals surface area contributed by atoms with Crippen molar-refractivity contribution in [3.63, 3.8) is 0 Å². The first-order valence-electron chi connectivity index (χ1n) is 8.20. The highest BCUT2D eigenvalue weighted by atomic mass is 16.3. The minimum Gasteiger partial charge on any atom is -0.394 e. The summed E-state index contributed by atoms with van der Waals surface area (Å²) in [5.74, 6) is 1.32. The van der Waals surface area contributed by atoms with Gasteiger partial charge in [-0.3, -0.25) is 4.79 Å². The normalized spacial score (nSPS) is 21.9. The molecule has 0 bridgehead atoms. The molecule has 0 aromatic carbocycles. The number of nitrogens with zero attached hydrogens (tertiary/aromatic N) is 1. The van der Waals surface area contributed by atoms with Crippen molar-refractivity contribution in [2.24, 2.45) is 17.6 Å². The lowest BCUT2D eigenvalue weighted by Crippen LogP contribution is -2.42. The van der Waals surface area contributed by atoms with Gasteiger partial charge in [0.1, 0.15) is 0 Å². The van der Waals surface area contributed by atoms with Crippen molar-refractivity contribution in [3.8, 4) is 0 Å². The van der Waals surface area contributed by atoms with E-state index in [9.17, 15) is 9.90 Å². The SMILES string of the molecule is CC(C)C(CCN)CCC(=O)N1CCCCCC1CO. The van der Waals surface area contributed by atoms with Crippen LogP contribution in [0.3, 0.4) is 0 Å². The number of hydrogen-bond acceptors (Lipinski definition) is 3. The van der Waals surface area contributed by atoms with Gasteiger partial charge in [-0.2, -0.15) is 0 Å². The zero-order valence-electron chi connectivity index (χ0n) is 13.2. The van der Waals surface area contributed by atoms with E-state index >= 15 is 0 Å². The largest absolute Gasteiger partial charge is 0.394 e. The van der Waals surface area contributed by atoms with E-state index in [1.54, 1.807) is 0 Å². The zero-order chi connectivity index (χ0) is 15.0. The van der Waals surface area contributed by atoms with E-state index in [1.165, 1.54) is 6.42 Å². The first-order valence-corrected chi connectivity index (χ1v) is 8.20. The van der Waals surface area contributed by atoms with Crippen molar-refractivity contribution in [2.75, 3.05) is 19.7 Å². The summed E-state index contributed by atoms with van der Waals surface area (Å²) >= 11 is 0. The summed E-state index contributed by atoms with van der Waals surface area (Å²) in [6.45, 7) is 6.01. The molecule has 0 aromatic heterocycles. The highest BCUT2D eigenvalue weighted by molar-refractivity contribution is 5.76. The minimum atomic E-state index is 0.0389. The second kappa shape index (κ2) is 9.35. The Morgan fingerprint density at radius 1 is 1.30 bits per heavy atom. The quantitative estimate of drug-likeness (QED) is 0.753. The summed E-state index contributed by atoms with van der Waals surface area (Å²) < 4.78 is 0. The van der Waals surface area contributed by atoms with E-state index in [1.807, 2.05) is 4.90 Å². The van der Waals surface area contributed by atoms with Crippen molar-refractivity contribution < 1.29 is 9.90 Å². The van der Waals surface area contributed by atoms with Gasteiger partial charge in [-0.05, 0) is 44.1 Å². The van der Waals surface area contributed by atoms with Crippen LogP contribution in [0.15, 0.2) is 0 Å². The summed E-state index contributed by atoms with van der Waals surface area (Å²) in [5, 5.41) is 9.47. The highest BCUT2D eigenvalue weighted by Gasteiger charge is 2.25. The Morgan fingerprint density at radius 2 is 2.05 bits per heavy atom. The van der Waals surface area contributed by atoms with E-state index in [0.29, 0.717) is 24.8 Å². The van der Waals surface area contributed by atoms with Crippen molar-refractivity contribution in [3.05, 3.63) is 0 Å². The molecule has 3 N–H and O–H groups in total. The van der Waals surface area contributed by atoms with Crippen LogP contribution in [0, 0.1) is 11.8 Å². The average Bonchev–Trinajstić information content (AvgIpc) is 2.67. The van der Waals surface area contributed by atoms with Crippen LogP contribution in [0.1, 0.15) is 58.8 Å².